The van der Waals surface area contributed by atoms with Crippen molar-refractivity contribution in [3.63, 3.8) is 0 Å². The van der Waals surface area contributed by atoms with Crippen LogP contribution in [0.5, 0.6) is 0 Å². The number of amides is 1. The topological polar surface area (TPSA) is 35.9 Å². The van der Waals surface area contributed by atoms with Crippen molar-refractivity contribution in [3.05, 3.63) is 34.3 Å². The molecule has 0 atom stereocenters. The van der Waals surface area contributed by atoms with Crippen LogP contribution in [0.25, 0.3) is 0 Å². The maximum absolute atomic E-state index is 12.5. The average molecular weight is 368 g/mol. The Bertz CT molecular complexity index is 556. The van der Waals surface area contributed by atoms with Crippen molar-refractivity contribution in [2.75, 3.05) is 38.5 Å². The Balaban J connectivity index is 1.60. The smallest absolute Gasteiger partial charge is 0.254 e. The Hall–Kier alpha value is -1.01. The lowest BCUT2D eigenvalue weighted by molar-refractivity contribution is 0.0693. The van der Waals surface area contributed by atoms with Crippen molar-refractivity contribution in [1.82, 2.24) is 9.80 Å². The van der Waals surface area contributed by atoms with E-state index in [1.54, 1.807) is 0 Å². The van der Waals surface area contributed by atoms with Gasteiger partial charge in [0.2, 0.25) is 0 Å². The normalized spacial score (nSPS) is 19.4. The van der Waals surface area contributed by atoms with Crippen LogP contribution >= 0.6 is 27.7 Å². The zero-order valence-corrected chi connectivity index (χ0v) is 14.2. The van der Waals surface area contributed by atoms with Crippen molar-refractivity contribution in [2.45, 2.75) is 6.42 Å². The Morgan fingerprint density at radius 3 is 2.71 bits per heavy atom. The third-order valence-electron chi connectivity index (χ3n) is 3.69. The molecule has 0 spiro atoms. The van der Waals surface area contributed by atoms with Gasteiger partial charge in [0.25, 0.3) is 5.91 Å². The molecule has 1 aromatic rings. The number of thioether (sulfide) groups is 1. The van der Waals surface area contributed by atoms with Gasteiger partial charge in [0.15, 0.2) is 5.17 Å². The van der Waals surface area contributed by atoms with E-state index in [-0.39, 0.29) is 5.91 Å². The molecule has 3 rings (SSSR count). The van der Waals surface area contributed by atoms with E-state index in [9.17, 15) is 4.79 Å². The molecular formula is C15H18BrN3OS. The minimum absolute atomic E-state index is 0.120. The molecule has 21 heavy (non-hydrogen) atoms. The zero-order valence-electron chi connectivity index (χ0n) is 11.8. The highest BCUT2D eigenvalue weighted by atomic mass is 79.9. The SMILES string of the molecule is O=C(c1cccc(Br)c1)N1CCN(C2=NCCCS2)CC1. The number of piperazine rings is 1. The zero-order chi connectivity index (χ0) is 14.7. The highest BCUT2D eigenvalue weighted by Gasteiger charge is 2.24. The Morgan fingerprint density at radius 1 is 1.24 bits per heavy atom. The lowest BCUT2D eigenvalue weighted by Gasteiger charge is -2.36. The predicted molar refractivity (Wildman–Crippen MR) is 91.0 cm³/mol. The van der Waals surface area contributed by atoms with E-state index in [0.717, 1.165) is 53.7 Å². The van der Waals surface area contributed by atoms with Gasteiger partial charge in [0.1, 0.15) is 0 Å². The molecule has 1 fully saturated rings. The molecular weight excluding hydrogens is 350 g/mol. The third kappa shape index (κ3) is 3.61. The predicted octanol–water partition coefficient (Wildman–Crippen LogP) is 2.70. The molecule has 6 heteroatoms. The van der Waals surface area contributed by atoms with Crippen molar-refractivity contribution < 1.29 is 4.79 Å². The summed E-state index contributed by atoms with van der Waals surface area (Å²) in [5.41, 5.74) is 0.752. The maximum Gasteiger partial charge on any atom is 0.254 e. The summed E-state index contributed by atoms with van der Waals surface area (Å²) in [6.07, 6.45) is 1.18. The summed E-state index contributed by atoms with van der Waals surface area (Å²) in [4.78, 5) is 21.3. The van der Waals surface area contributed by atoms with Gasteiger partial charge in [0, 0.05) is 48.5 Å². The van der Waals surface area contributed by atoms with Crippen molar-refractivity contribution >= 4 is 38.8 Å². The molecule has 2 aliphatic rings. The number of hydrogen-bond acceptors (Lipinski definition) is 4. The second-order valence-corrected chi connectivity index (χ2v) is 7.13. The number of benzene rings is 1. The molecule has 0 aliphatic carbocycles. The van der Waals surface area contributed by atoms with Gasteiger partial charge in [-0.25, -0.2) is 0 Å². The van der Waals surface area contributed by atoms with Crippen LogP contribution in [-0.2, 0) is 0 Å². The van der Waals surface area contributed by atoms with Crippen LogP contribution in [0.2, 0.25) is 0 Å². The van der Waals surface area contributed by atoms with Crippen molar-refractivity contribution in [3.8, 4) is 0 Å². The first-order valence-electron chi connectivity index (χ1n) is 7.21. The van der Waals surface area contributed by atoms with Crippen LogP contribution in [0.4, 0.5) is 0 Å². The van der Waals surface area contributed by atoms with E-state index in [1.807, 2.05) is 40.9 Å². The van der Waals surface area contributed by atoms with Gasteiger partial charge in [-0.1, -0.05) is 33.8 Å². The molecule has 112 valence electrons. The first kappa shape index (κ1) is 14.9. The minimum atomic E-state index is 0.120. The van der Waals surface area contributed by atoms with Crippen molar-refractivity contribution in [1.29, 1.82) is 0 Å². The number of rotatable bonds is 1. The van der Waals surface area contributed by atoms with Gasteiger partial charge >= 0.3 is 0 Å². The van der Waals surface area contributed by atoms with Gasteiger partial charge in [-0.15, -0.1) is 0 Å². The van der Waals surface area contributed by atoms with Gasteiger partial charge < -0.3 is 9.80 Å². The largest absolute Gasteiger partial charge is 0.348 e. The Labute approximate surface area is 137 Å². The number of carbonyl (C=O) groups excluding carboxylic acids is 1. The van der Waals surface area contributed by atoms with Crippen LogP contribution in [0.1, 0.15) is 16.8 Å². The fraction of sp³-hybridized carbons (Fsp3) is 0.467. The quantitative estimate of drug-likeness (QED) is 0.765. The van der Waals surface area contributed by atoms with E-state index < -0.39 is 0 Å². The Kier molecular flexibility index (Phi) is 4.85. The molecule has 0 bridgehead atoms. The van der Waals surface area contributed by atoms with Crippen molar-refractivity contribution in [2.24, 2.45) is 4.99 Å². The highest BCUT2D eigenvalue weighted by Crippen LogP contribution is 2.19. The van der Waals surface area contributed by atoms with E-state index >= 15 is 0 Å². The summed E-state index contributed by atoms with van der Waals surface area (Å²) in [6.45, 7) is 4.24. The number of carbonyl (C=O) groups is 1. The number of amidine groups is 1. The highest BCUT2D eigenvalue weighted by molar-refractivity contribution is 9.10. The van der Waals surface area contributed by atoms with Crippen LogP contribution in [0.15, 0.2) is 33.7 Å². The second kappa shape index (κ2) is 6.83. The van der Waals surface area contributed by atoms with Crippen LogP contribution in [0.3, 0.4) is 0 Å². The van der Waals surface area contributed by atoms with Crippen LogP contribution < -0.4 is 0 Å². The molecule has 2 heterocycles. The molecule has 4 nitrogen and oxygen atoms in total. The number of nitrogens with zero attached hydrogens (tertiary/aromatic N) is 3. The molecule has 2 aliphatic heterocycles. The average Bonchev–Trinajstić information content (AvgIpc) is 2.55. The molecule has 1 aromatic carbocycles. The molecule has 0 N–H and O–H groups in total. The number of halogens is 1. The second-order valence-electron chi connectivity index (χ2n) is 5.16. The molecule has 1 amide bonds. The van der Waals surface area contributed by atoms with Gasteiger partial charge in [-0.3, -0.25) is 9.79 Å². The lowest BCUT2D eigenvalue weighted by Crippen LogP contribution is -2.50. The summed E-state index contributed by atoms with van der Waals surface area (Å²) >= 11 is 5.26. The summed E-state index contributed by atoms with van der Waals surface area (Å²) in [5, 5.41) is 1.16. The summed E-state index contributed by atoms with van der Waals surface area (Å²) in [7, 11) is 0. The van der Waals surface area contributed by atoms with E-state index in [2.05, 4.69) is 25.8 Å². The maximum atomic E-state index is 12.5. The van der Waals surface area contributed by atoms with E-state index in [0.29, 0.717) is 0 Å². The molecule has 0 aromatic heterocycles. The van der Waals surface area contributed by atoms with Gasteiger partial charge in [0.05, 0.1) is 0 Å². The van der Waals surface area contributed by atoms with E-state index in [1.165, 1.54) is 6.42 Å². The standard InChI is InChI=1S/C15H18BrN3OS/c16-13-4-1-3-12(11-13)14(20)18-6-8-19(9-7-18)15-17-5-2-10-21-15/h1,3-4,11H,2,5-10H2. The van der Waals surface area contributed by atoms with Crippen LogP contribution in [0, 0.1) is 0 Å². The Morgan fingerprint density at radius 2 is 2.05 bits per heavy atom. The number of aliphatic imine (C=N–C) groups is 1. The summed E-state index contributed by atoms with van der Waals surface area (Å²) in [6, 6.07) is 7.60. The summed E-state index contributed by atoms with van der Waals surface area (Å²) in [5.74, 6) is 1.28. The summed E-state index contributed by atoms with van der Waals surface area (Å²) < 4.78 is 0.944. The fourth-order valence-electron chi connectivity index (χ4n) is 2.54. The molecule has 1 saturated heterocycles. The first-order chi connectivity index (χ1) is 10.2. The molecule has 0 saturated carbocycles. The van der Waals surface area contributed by atoms with Gasteiger partial charge in [-0.05, 0) is 24.6 Å². The minimum Gasteiger partial charge on any atom is -0.348 e. The first-order valence-corrected chi connectivity index (χ1v) is 8.99. The monoisotopic (exact) mass is 367 g/mol. The third-order valence-corrected chi connectivity index (χ3v) is 5.32. The molecule has 0 radical (unpaired) electrons. The molecule has 0 unspecified atom stereocenters. The van der Waals surface area contributed by atoms with E-state index in [4.69, 9.17) is 0 Å². The fourth-order valence-corrected chi connectivity index (χ4v) is 3.95. The number of hydrogen-bond donors (Lipinski definition) is 0. The lowest BCUT2D eigenvalue weighted by atomic mass is 10.2. The van der Waals surface area contributed by atoms with Gasteiger partial charge in [-0.2, -0.15) is 0 Å². The van der Waals surface area contributed by atoms with Crippen LogP contribution in [-0.4, -0.2) is 59.4 Å².